The number of cyclic esters (lactones) is 1. The summed E-state index contributed by atoms with van der Waals surface area (Å²) in [6.07, 6.45) is -4.81. The van der Waals surface area contributed by atoms with Crippen molar-refractivity contribution in [2.24, 2.45) is 23.7 Å². The lowest BCUT2D eigenvalue weighted by Gasteiger charge is -2.42. The van der Waals surface area contributed by atoms with Crippen molar-refractivity contribution in [1.29, 1.82) is 0 Å². The molecule has 2 fully saturated rings. The van der Waals surface area contributed by atoms with E-state index in [-0.39, 0.29) is 29.6 Å². The predicted octanol–water partition coefficient (Wildman–Crippen LogP) is 1.82. The number of Topliss-reactive ketones (excluding diaryl/α,β-unsaturated/α-hetero) is 1. The van der Waals surface area contributed by atoms with E-state index in [1.54, 1.807) is 13.8 Å². The van der Waals surface area contributed by atoms with Gasteiger partial charge in [-0.3, -0.25) is 9.59 Å². The number of hydrogen-bond donors (Lipinski definition) is 3. The van der Waals surface area contributed by atoms with Crippen LogP contribution in [0.25, 0.3) is 0 Å². The fourth-order valence-electron chi connectivity index (χ4n) is 4.64. The van der Waals surface area contributed by atoms with Crippen molar-refractivity contribution in [3.8, 4) is 0 Å². The average molecular weight is 445 g/mol. The first kappa shape index (κ1) is 26.2. The maximum Gasteiger partial charge on any atom is 0.311 e. The molecular formula is C23H40O8. The molecule has 2 rings (SSSR count). The molecule has 11 atom stereocenters. The molecule has 0 saturated carbocycles. The summed E-state index contributed by atoms with van der Waals surface area (Å²) in [5.74, 6) is -1.24. The summed E-state index contributed by atoms with van der Waals surface area (Å²) in [6.45, 7) is 11.0. The molecule has 0 aliphatic carbocycles. The molecule has 2 aliphatic heterocycles. The van der Waals surface area contributed by atoms with Crippen LogP contribution in [0.5, 0.6) is 0 Å². The van der Waals surface area contributed by atoms with E-state index in [1.807, 2.05) is 27.7 Å². The summed E-state index contributed by atoms with van der Waals surface area (Å²) >= 11 is 0. The van der Waals surface area contributed by atoms with Gasteiger partial charge in [0, 0.05) is 12.3 Å². The highest BCUT2D eigenvalue weighted by molar-refractivity contribution is 5.80. The van der Waals surface area contributed by atoms with E-state index >= 15 is 0 Å². The number of carbonyl (C=O) groups is 2. The van der Waals surface area contributed by atoms with Crippen LogP contribution < -0.4 is 0 Å². The lowest BCUT2D eigenvalue weighted by molar-refractivity contribution is -0.311. The van der Waals surface area contributed by atoms with E-state index in [9.17, 15) is 24.9 Å². The van der Waals surface area contributed by atoms with Crippen molar-refractivity contribution in [2.75, 3.05) is 0 Å². The first-order valence-corrected chi connectivity index (χ1v) is 11.6. The van der Waals surface area contributed by atoms with Crippen LogP contribution in [0.3, 0.4) is 0 Å². The molecule has 0 aromatic rings. The van der Waals surface area contributed by atoms with Gasteiger partial charge in [0.25, 0.3) is 0 Å². The van der Waals surface area contributed by atoms with E-state index in [1.165, 1.54) is 0 Å². The monoisotopic (exact) mass is 444 g/mol. The maximum absolute atomic E-state index is 13.0. The number of hydrogen-bond acceptors (Lipinski definition) is 8. The summed E-state index contributed by atoms with van der Waals surface area (Å²) in [7, 11) is 0. The SMILES string of the molecule is CCC1OC(=O)[C@H](C)C(O[C@H]2O[C@H](C)[C@@H](O)[C@H](O)[C@@H]2O)[C@@H](C)C[C@@H](C)C(=O)CC[C@H]1C. The van der Waals surface area contributed by atoms with Crippen LogP contribution in [-0.2, 0) is 23.8 Å². The Hall–Kier alpha value is -1.06. The van der Waals surface area contributed by atoms with Gasteiger partial charge in [0.05, 0.1) is 18.1 Å². The molecule has 8 nitrogen and oxygen atoms in total. The van der Waals surface area contributed by atoms with Crippen molar-refractivity contribution in [2.45, 2.75) is 110 Å². The second-order valence-corrected chi connectivity index (χ2v) is 9.55. The Morgan fingerprint density at radius 1 is 0.968 bits per heavy atom. The summed E-state index contributed by atoms with van der Waals surface area (Å²) in [5, 5.41) is 30.4. The molecule has 3 N–H and O–H groups in total. The minimum atomic E-state index is -1.47. The van der Waals surface area contributed by atoms with Gasteiger partial charge in [0.1, 0.15) is 30.2 Å². The second-order valence-electron chi connectivity index (χ2n) is 9.55. The van der Waals surface area contributed by atoms with Gasteiger partial charge < -0.3 is 29.5 Å². The van der Waals surface area contributed by atoms with E-state index in [0.29, 0.717) is 25.7 Å². The van der Waals surface area contributed by atoms with Gasteiger partial charge >= 0.3 is 5.97 Å². The fourth-order valence-corrected chi connectivity index (χ4v) is 4.64. The van der Waals surface area contributed by atoms with Crippen LogP contribution in [0.4, 0.5) is 0 Å². The molecule has 2 saturated heterocycles. The highest BCUT2D eigenvalue weighted by Gasteiger charge is 2.45. The first-order valence-electron chi connectivity index (χ1n) is 11.6. The molecule has 180 valence electrons. The zero-order valence-electron chi connectivity index (χ0n) is 19.6. The zero-order chi connectivity index (χ0) is 23.5. The Morgan fingerprint density at radius 2 is 1.61 bits per heavy atom. The number of carbonyl (C=O) groups excluding carboxylic acids is 2. The molecule has 0 amide bonds. The van der Waals surface area contributed by atoms with Crippen molar-refractivity contribution in [3.05, 3.63) is 0 Å². The van der Waals surface area contributed by atoms with E-state index in [2.05, 4.69) is 0 Å². The van der Waals surface area contributed by atoms with Crippen molar-refractivity contribution < 1.29 is 39.1 Å². The highest BCUT2D eigenvalue weighted by Crippen LogP contribution is 2.32. The molecule has 0 bridgehead atoms. The topological polar surface area (TPSA) is 123 Å². The fraction of sp³-hybridized carbons (Fsp3) is 0.913. The van der Waals surface area contributed by atoms with Crippen LogP contribution in [-0.4, -0.2) is 70.0 Å². The van der Waals surface area contributed by atoms with Gasteiger partial charge in [0.2, 0.25) is 0 Å². The standard InChI is InChI=1S/C23H40O8/c1-7-17-11(2)8-9-16(24)12(3)10-13(4)21(14(5)22(28)30-17)31-23-20(27)19(26)18(25)15(6)29-23/h11-15,17-21,23,25-27H,7-10H2,1-6H3/t11-,12-,13+,14-,15-,17?,18-,19+,20+,21?,23-/m1/s1. The Labute approximate surface area is 185 Å². The molecule has 2 unspecified atom stereocenters. The number of ketones is 1. The van der Waals surface area contributed by atoms with Crippen molar-refractivity contribution >= 4 is 11.8 Å². The maximum atomic E-state index is 13.0. The number of aliphatic hydroxyl groups is 3. The number of ether oxygens (including phenoxy) is 3. The largest absolute Gasteiger partial charge is 0.462 e. The van der Waals surface area contributed by atoms with Crippen molar-refractivity contribution in [3.63, 3.8) is 0 Å². The first-order chi connectivity index (χ1) is 14.5. The molecule has 0 radical (unpaired) electrons. The normalized spacial score (nSPS) is 46.0. The lowest BCUT2D eigenvalue weighted by atomic mass is 9.83. The van der Waals surface area contributed by atoms with Gasteiger partial charge in [0.15, 0.2) is 6.29 Å². The van der Waals surface area contributed by atoms with Gasteiger partial charge in [-0.05, 0) is 44.9 Å². The molecule has 0 aromatic heterocycles. The highest BCUT2D eigenvalue weighted by atomic mass is 16.7. The third-order valence-corrected chi connectivity index (χ3v) is 6.95. The van der Waals surface area contributed by atoms with Crippen LogP contribution in [0.2, 0.25) is 0 Å². The van der Waals surface area contributed by atoms with Gasteiger partial charge in [-0.2, -0.15) is 0 Å². The smallest absolute Gasteiger partial charge is 0.311 e. The lowest BCUT2D eigenvalue weighted by Crippen LogP contribution is -2.58. The zero-order valence-corrected chi connectivity index (χ0v) is 19.6. The van der Waals surface area contributed by atoms with Crippen LogP contribution in [0.1, 0.15) is 67.2 Å². The third kappa shape index (κ3) is 6.26. The second kappa shape index (κ2) is 11.2. The van der Waals surface area contributed by atoms with Crippen LogP contribution in [0, 0.1) is 23.7 Å². The van der Waals surface area contributed by atoms with Crippen LogP contribution >= 0.6 is 0 Å². The Kier molecular flexibility index (Phi) is 9.45. The van der Waals surface area contributed by atoms with E-state index < -0.39 is 48.7 Å². The molecule has 2 aliphatic rings. The summed E-state index contributed by atoms with van der Waals surface area (Å²) in [6, 6.07) is 0. The number of esters is 1. The number of aliphatic hydroxyl groups excluding tert-OH is 3. The molecular weight excluding hydrogens is 404 g/mol. The quantitative estimate of drug-likeness (QED) is 0.564. The summed E-state index contributed by atoms with van der Waals surface area (Å²) < 4.78 is 17.4. The molecule has 0 spiro atoms. The van der Waals surface area contributed by atoms with E-state index in [0.717, 1.165) is 0 Å². The summed E-state index contributed by atoms with van der Waals surface area (Å²) in [5.41, 5.74) is 0. The third-order valence-electron chi connectivity index (χ3n) is 6.95. The van der Waals surface area contributed by atoms with Crippen LogP contribution in [0.15, 0.2) is 0 Å². The molecule has 8 heteroatoms. The molecule has 2 heterocycles. The molecule has 0 aromatic carbocycles. The van der Waals surface area contributed by atoms with Gasteiger partial charge in [-0.25, -0.2) is 0 Å². The minimum absolute atomic E-state index is 0.0644. The van der Waals surface area contributed by atoms with Gasteiger partial charge in [-0.15, -0.1) is 0 Å². The minimum Gasteiger partial charge on any atom is -0.462 e. The Bertz CT molecular complexity index is 610. The Morgan fingerprint density at radius 3 is 2.23 bits per heavy atom. The number of rotatable bonds is 3. The van der Waals surface area contributed by atoms with Crippen molar-refractivity contribution in [1.82, 2.24) is 0 Å². The average Bonchev–Trinajstić information content (AvgIpc) is 2.73. The predicted molar refractivity (Wildman–Crippen MR) is 113 cm³/mol. The van der Waals surface area contributed by atoms with Gasteiger partial charge in [-0.1, -0.05) is 27.7 Å². The Balaban J connectivity index is 2.28. The molecule has 31 heavy (non-hydrogen) atoms. The summed E-state index contributed by atoms with van der Waals surface area (Å²) in [4.78, 5) is 25.6. The van der Waals surface area contributed by atoms with E-state index in [4.69, 9.17) is 14.2 Å².